The van der Waals surface area contributed by atoms with E-state index >= 15 is 0 Å². The summed E-state index contributed by atoms with van der Waals surface area (Å²) >= 11 is 0. The maximum absolute atomic E-state index is 11.6. The predicted molar refractivity (Wildman–Crippen MR) is 56.6 cm³/mol. The van der Waals surface area contributed by atoms with Crippen LogP contribution in [0.4, 0.5) is 0 Å². The number of carbonyl (C=O) groups excluding carboxylic acids is 1. The first-order chi connectivity index (χ1) is 7.36. The van der Waals surface area contributed by atoms with Crippen molar-refractivity contribution < 1.29 is 9.21 Å². The second-order valence-electron chi connectivity index (χ2n) is 3.79. The first-order valence-electron chi connectivity index (χ1n) is 5.08. The molecule has 76 valence electrons. The zero-order chi connectivity index (χ0) is 10.3. The van der Waals surface area contributed by atoms with E-state index in [1.165, 1.54) is 0 Å². The third-order valence-corrected chi connectivity index (χ3v) is 2.86. The van der Waals surface area contributed by atoms with E-state index in [2.05, 4.69) is 5.32 Å². The molecule has 2 heterocycles. The monoisotopic (exact) mass is 201 g/mol. The Kier molecular flexibility index (Phi) is 1.86. The lowest BCUT2D eigenvalue weighted by molar-refractivity contribution is -0.118. The molecule has 1 aromatic heterocycles. The Morgan fingerprint density at radius 2 is 2.27 bits per heavy atom. The average Bonchev–Trinajstić information content (AvgIpc) is 2.85. The first kappa shape index (κ1) is 8.68. The van der Waals surface area contributed by atoms with Crippen LogP contribution in [-0.4, -0.2) is 12.3 Å². The van der Waals surface area contributed by atoms with Crippen LogP contribution in [0.5, 0.6) is 0 Å². The molecule has 0 spiro atoms. The Hall–Kier alpha value is -1.61. The second-order valence-corrected chi connectivity index (χ2v) is 3.79. The number of hydrogen-bond donors (Lipinski definition) is 1. The van der Waals surface area contributed by atoms with Gasteiger partial charge < -0.3 is 9.73 Å². The number of furan rings is 1. The summed E-state index contributed by atoms with van der Waals surface area (Å²) in [7, 11) is 0. The fraction of sp³-hybridized carbons (Fsp3) is 0.250. The lowest BCUT2D eigenvalue weighted by atomic mass is 10.0. The number of Topliss-reactive ketones (excluding diaryl/α,β-unsaturated/α-hetero) is 1. The topological polar surface area (TPSA) is 42.2 Å². The molecule has 0 saturated carbocycles. The van der Waals surface area contributed by atoms with Gasteiger partial charge in [-0.25, -0.2) is 0 Å². The van der Waals surface area contributed by atoms with Crippen LogP contribution in [0.1, 0.15) is 18.0 Å². The molecule has 15 heavy (non-hydrogen) atoms. The number of rotatable bonds is 1. The van der Waals surface area contributed by atoms with Crippen molar-refractivity contribution >= 4 is 16.8 Å². The molecule has 1 unspecified atom stereocenters. The number of para-hydroxylation sites is 1. The number of fused-ring (bicyclic) bond motifs is 1. The quantitative estimate of drug-likeness (QED) is 0.767. The van der Waals surface area contributed by atoms with Crippen molar-refractivity contribution in [1.82, 2.24) is 5.32 Å². The van der Waals surface area contributed by atoms with Gasteiger partial charge in [-0.05, 0) is 6.07 Å². The van der Waals surface area contributed by atoms with E-state index in [4.69, 9.17) is 4.42 Å². The summed E-state index contributed by atoms with van der Waals surface area (Å²) in [4.78, 5) is 11.6. The summed E-state index contributed by atoms with van der Waals surface area (Å²) in [5, 5.41) is 4.25. The number of carbonyl (C=O) groups is 1. The van der Waals surface area contributed by atoms with Crippen molar-refractivity contribution in [1.29, 1.82) is 0 Å². The number of ketones is 1. The normalized spacial score (nSPS) is 21.3. The van der Waals surface area contributed by atoms with Gasteiger partial charge in [0.25, 0.3) is 0 Å². The first-order valence-corrected chi connectivity index (χ1v) is 5.08. The molecule has 1 saturated heterocycles. The zero-order valence-electron chi connectivity index (χ0n) is 8.19. The third kappa shape index (κ3) is 1.27. The molecule has 2 aromatic rings. The molecule has 0 bridgehead atoms. The molecule has 1 aromatic carbocycles. The van der Waals surface area contributed by atoms with Crippen molar-refractivity contribution in [3.05, 3.63) is 36.1 Å². The highest BCUT2D eigenvalue weighted by Gasteiger charge is 2.27. The van der Waals surface area contributed by atoms with Crippen LogP contribution in [-0.2, 0) is 4.79 Å². The van der Waals surface area contributed by atoms with Gasteiger partial charge in [-0.1, -0.05) is 18.2 Å². The third-order valence-electron chi connectivity index (χ3n) is 2.86. The smallest absolute Gasteiger partial charge is 0.155 e. The van der Waals surface area contributed by atoms with Crippen molar-refractivity contribution in [2.75, 3.05) is 6.54 Å². The average molecular weight is 201 g/mol. The van der Waals surface area contributed by atoms with E-state index in [0.717, 1.165) is 23.1 Å². The minimum atomic E-state index is -0.181. The van der Waals surface area contributed by atoms with Crippen LogP contribution in [0.15, 0.2) is 34.9 Å². The zero-order valence-corrected chi connectivity index (χ0v) is 8.19. The maximum Gasteiger partial charge on any atom is 0.155 e. The van der Waals surface area contributed by atoms with Gasteiger partial charge in [-0.2, -0.15) is 0 Å². The minimum absolute atomic E-state index is 0.181. The number of hydrogen-bond acceptors (Lipinski definition) is 3. The van der Waals surface area contributed by atoms with Gasteiger partial charge in [0.2, 0.25) is 0 Å². The largest absolute Gasteiger partial charge is 0.464 e. The molecule has 1 N–H and O–H groups in total. The molecule has 3 nitrogen and oxygen atoms in total. The highest BCUT2D eigenvalue weighted by molar-refractivity contribution is 5.92. The molecule has 1 aliphatic heterocycles. The maximum atomic E-state index is 11.6. The van der Waals surface area contributed by atoms with Crippen LogP contribution in [0.2, 0.25) is 0 Å². The van der Waals surface area contributed by atoms with Gasteiger partial charge in [-0.15, -0.1) is 0 Å². The summed E-state index contributed by atoms with van der Waals surface area (Å²) in [6.07, 6.45) is 2.27. The summed E-state index contributed by atoms with van der Waals surface area (Å²) in [6.45, 7) is 0.764. The van der Waals surface area contributed by atoms with Crippen LogP contribution in [0.3, 0.4) is 0 Å². The van der Waals surface area contributed by atoms with Crippen LogP contribution in [0, 0.1) is 0 Å². The molecular formula is C12H11NO2. The Bertz CT molecular complexity index is 515. The molecular weight excluding hydrogens is 190 g/mol. The van der Waals surface area contributed by atoms with E-state index in [-0.39, 0.29) is 11.8 Å². The molecule has 1 atom stereocenters. The Morgan fingerprint density at radius 3 is 3.07 bits per heavy atom. The lowest BCUT2D eigenvalue weighted by Crippen LogP contribution is -2.17. The fourth-order valence-electron chi connectivity index (χ4n) is 2.12. The van der Waals surface area contributed by atoms with Crippen molar-refractivity contribution in [3.8, 4) is 0 Å². The Labute approximate surface area is 87.1 Å². The molecule has 0 aliphatic carbocycles. The van der Waals surface area contributed by atoms with Crippen molar-refractivity contribution in [2.45, 2.75) is 12.5 Å². The van der Waals surface area contributed by atoms with Gasteiger partial charge in [0.05, 0.1) is 12.3 Å². The summed E-state index contributed by atoms with van der Waals surface area (Å²) in [5.41, 5.74) is 1.78. The Balaban J connectivity index is 2.17. The van der Waals surface area contributed by atoms with Crippen LogP contribution >= 0.6 is 0 Å². The molecule has 0 amide bonds. The molecule has 1 fully saturated rings. The fourth-order valence-corrected chi connectivity index (χ4v) is 2.12. The van der Waals surface area contributed by atoms with Gasteiger partial charge in [0, 0.05) is 23.9 Å². The van der Waals surface area contributed by atoms with Crippen LogP contribution in [0.25, 0.3) is 11.0 Å². The van der Waals surface area contributed by atoms with Crippen molar-refractivity contribution in [3.63, 3.8) is 0 Å². The van der Waals surface area contributed by atoms with Gasteiger partial charge in [0.1, 0.15) is 5.58 Å². The van der Waals surface area contributed by atoms with E-state index in [1.807, 2.05) is 24.3 Å². The minimum Gasteiger partial charge on any atom is -0.464 e. The predicted octanol–water partition coefficient (Wildman–Crippen LogP) is 2.04. The highest BCUT2D eigenvalue weighted by Crippen LogP contribution is 2.28. The summed E-state index contributed by atoms with van der Waals surface area (Å²) < 4.78 is 5.42. The summed E-state index contributed by atoms with van der Waals surface area (Å²) in [5.74, 6) is 0.249. The lowest BCUT2D eigenvalue weighted by Gasteiger charge is -2.09. The standard InChI is InChI=1S/C12H11NO2/c14-10-4-6-13-11(10)9-3-1-2-8-5-7-15-12(8)9/h1-3,5,7,11,13H,4,6H2. The molecule has 0 radical (unpaired) electrons. The van der Waals surface area contributed by atoms with E-state index in [9.17, 15) is 4.79 Å². The van der Waals surface area contributed by atoms with Crippen LogP contribution < -0.4 is 5.32 Å². The van der Waals surface area contributed by atoms with Gasteiger partial charge >= 0.3 is 0 Å². The highest BCUT2D eigenvalue weighted by atomic mass is 16.3. The molecule has 3 heteroatoms. The summed E-state index contributed by atoms with van der Waals surface area (Å²) in [6, 6.07) is 7.63. The number of nitrogens with one attached hydrogen (secondary N) is 1. The van der Waals surface area contributed by atoms with E-state index in [1.54, 1.807) is 6.26 Å². The van der Waals surface area contributed by atoms with E-state index in [0.29, 0.717) is 6.42 Å². The SMILES string of the molecule is O=C1CCNC1c1cccc2ccoc12. The van der Waals surface area contributed by atoms with Crippen molar-refractivity contribution in [2.24, 2.45) is 0 Å². The second kappa shape index (κ2) is 3.21. The molecule has 1 aliphatic rings. The Morgan fingerprint density at radius 1 is 1.33 bits per heavy atom. The number of benzene rings is 1. The van der Waals surface area contributed by atoms with Gasteiger partial charge in [0.15, 0.2) is 5.78 Å². The van der Waals surface area contributed by atoms with E-state index < -0.39 is 0 Å². The molecule has 3 rings (SSSR count). The van der Waals surface area contributed by atoms with Gasteiger partial charge in [-0.3, -0.25) is 4.79 Å².